The van der Waals surface area contributed by atoms with Gasteiger partial charge in [-0.25, -0.2) is 14.8 Å². The molecule has 0 radical (unpaired) electrons. The molecule has 0 atom stereocenters. The zero-order valence-corrected chi connectivity index (χ0v) is 17.4. The normalized spacial score (nSPS) is 18.0. The van der Waals surface area contributed by atoms with Crippen LogP contribution in [-0.2, 0) is 0 Å². The molecule has 2 amide bonds. The average molecular weight is 395 g/mol. The van der Waals surface area contributed by atoms with Crippen molar-refractivity contribution in [2.24, 2.45) is 0 Å². The number of piperazine rings is 1. The predicted molar refractivity (Wildman–Crippen MR) is 114 cm³/mol. The summed E-state index contributed by atoms with van der Waals surface area (Å²) in [6, 6.07) is 4.32. The summed E-state index contributed by atoms with van der Waals surface area (Å²) in [4.78, 5) is 30.5. The van der Waals surface area contributed by atoms with E-state index in [-0.39, 0.29) is 6.03 Å². The third-order valence-electron chi connectivity index (χ3n) is 6.08. The molecule has 4 rings (SSSR count). The monoisotopic (exact) mass is 394 g/mol. The number of anilines is 1. The summed E-state index contributed by atoms with van der Waals surface area (Å²) in [5, 5.41) is 3.23. The van der Waals surface area contributed by atoms with Gasteiger partial charge in [-0.1, -0.05) is 19.3 Å². The number of carbonyl (C=O) groups excluding carboxylic acids is 1. The second-order valence-corrected chi connectivity index (χ2v) is 8.08. The van der Waals surface area contributed by atoms with Crippen molar-refractivity contribution in [1.29, 1.82) is 0 Å². The van der Waals surface area contributed by atoms with E-state index in [1.165, 1.54) is 19.3 Å². The number of rotatable bonds is 3. The maximum absolute atomic E-state index is 12.6. The molecule has 2 aliphatic rings. The number of nitrogens with zero attached hydrogens (tertiary/aromatic N) is 5. The van der Waals surface area contributed by atoms with Gasteiger partial charge in [-0.3, -0.25) is 4.98 Å². The van der Waals surface area contributed by atoms with Crippen LogP contribution in [0.1, 0.15) is 43.4 Å². The van der Waals surface area contributed by atoms with Crippen molar-refractivity contribution in [3.8, 4) is 11.4 Å². The molecule has 1 aliphatic carbocycles. The number of carbonyl (C=O) groups is 1. The summed E-state index contributed by atoms with van der Waals surface area (Å²) in [7, 11) is 0. The van der Waals surface area contributed by atoms with Crippen LogP contribution in [0, 0.1) is 13.8 Å². The van der Waals surface area contributed by atoms with Crippen molar-refractivity contribution in [2.45, 2.75) is 52.0 Å². The van der Waals surface area contributed by atoms with Gasteiger partial charge in [0.2, 0.25) is 0 Å². The maximum atomic E-state index is 12.6. The fraction of sp³-hybridized carbons (Fsp3) is 0.545. The molecule has 0 spiro atoms. The van der Waals surface area contributed by atoms with E-state index in [1.54, 1.807) is 12.4 Å². The predicted octanol–water partition coefficient (Wildman–Crippen LogP) is 3.32. The molecule has 3 heterocycles. The highest BCUT2D eigenvalue weighted by molar-refractivity contribution is 5.75. The van der Waals surface area contributed by atoms with E-state index in [2.05, 4.69) is 27.1 Å². The first-order valence-electron chi connectivity index (χ1n) is 10.7. The van der Waals surface area contributed by atoms with Crippen molar-refractivity contribution in [3.05, 3.63) is 35.8 Å². The van der Waals surface area contributed by atoms with E-state index in [0.29, 0.717) is 25.0 Å². The van der Waals surface area contributed by atoms with Crippen LogP contribution in [0.4, 0.5) is 10.6 Å². The van der Waals surface area contributed by atoms with Gasteiger partial charge in [0.25, 0.3) is 0 Å². The fourth-order valence-electron chi connectivity index (χ4n) is 4.18. The van der Waals surface area contributed by atoms with Crippen molar-refractivity contribution >= 4 is 11.8 Å². The van der Waals surface area contributed by atoms with E-state index >= 15 is 0 Å². The quantitative estimate of drug-likeness (QED) is 0.864. The van der Waals surface area contributed by atoms with Gasteiger partial charge in [-0.05, 0) is 38.8 Å². The van der Waals surface area contributed by atoms with Crippen LogP contribution in [0.5, 0.6) is 0 Å². The molecule has 0 aromatic carbocycles. The molecular formula is C22H30N6O. The standard InChI is InChI=1S/C22H30N6O/c1-16-17(2)24-20(18-7-6-10-23-15-18)26-21(16)27-11-13-28(14-12-27)22(29)25-19-8-4-3-5-9-19/h6-7,10,15,19H,3-5,8-9,11-14H2,1-2H3,(H,25,29). The summed E-state index contributed by atoms with van der Waals surface area (Å²) in [6.07, 6.45) is 9.52. The zero-order chi connectivity index (χ0) is 20.2. The second kappa shape index (κ2) is 8.76. The first-order valence-corrected chi connectivity index (χ1v) is 10.7. The van der Waals surface area contributed by atoms with Gasteiger partial charge in [-0.15, -0.1) is 0 Å². The highest BCUT2D eigenvalue weighted by Crippen LogP contribution is 2.25. The number of hydrogen-bond acceptors (Lipinski definition) is 5. The minimum absolute atomic E-state index is 0.0863. The third kappa shape index (κ3) is 4.49. The first-order chi connectivity index (χ1) is 14.1. The number of hydrogen-bond donors (Lipinski definition) is 1. The molecule has 0 unspecified atom stereocenters. The van der Waals surface area contributed by atoms with Gasteiger partial charge in [-0.2, -0.15) is 0 Å². The first kappa shape index (κ1) is 19.6. The summed E-state index contributed by atoms with van der Waals surface area (Å²) in [6.45, 7) is 7.07. The van der Waals surface area contributed by atoms with E-state index in [4.69, 9.17) is 4.98 Å². The number of pyridine rings is 1. The van der Waals surface area contributed by atoms with E-state index in [9.17, 15) is 4.79 Å². The molecule has 29 heavy (non-hydrogen) atoms. The number of amides is 2. The molecular weight excluding hydrogens is 364 g/mol. The molecule has 2 fully saturated rings. The van der Waals surface area contributed by atoms with Gasteiger partial charge in [0.15, 0.2) is 5.82 Å². The van der Waals surface area contributed by atoms with Crippen LogP contribution in [0.2, 0.25) is 0 Å². The number of urea groups is 1. The largest absolute Gasteiger partial charge is 0.353 e. The molecule has 154 valence electrons. The van der Waals surface area contributed by atoms with E-state index < -0.39 is 0 Å². The Hall–Kier alpha value is -2.70. The van der Waals surface area contributed by atoms with E-state index in [0.717, 1.165) is 48.6 Å². The molecule has 2 aromatic heterocycles. The average Bonchev–Trinajstić information content (AvgIpc) is 2.77. The SMILES string of the molecule is Cc1nc(-c2cccnc2)nc(N2CCN(C(=O)NC3CCCCC3)CC2)c1C. The Kier molecular flexibility index (Phi) is 5.92. The minimum Gasteiger partial charge on any atom is -0.353 e. The molecule has 1 saturated heterocycles. The number of aromatic nitrogens is 3. The smallest absolute Gasteiger partial charge is 0.317 e. The molecule has 7 heteroatoms. The summed E-state index contributed by atoms with van der Waals surface area (Å²) < 4.78 is 0. The van der Waals surface area contributed by atoms with Crippen molar-refractivity contribution in [1.82, 2.24) is 25.2 Å². The lowest BCUT2D eigenvalue weighted by atomic mass is 9.96. The lowest BCUT2D eigenvalue weighted by Crippen LogP contribution is -2.54. The molecule has 1 saturated carbocycles. The Bertz CT molecular complexity index is 842. The highest BCUT2D eigenvalue weighted by atomic mass is 16.2. The number of nitrogens with one attached hydrogen (secondary N) is 1. The molecule has 1 N–H and O–H groups in total. The maximum Gasteiger partial charge on any atom is 0.317 e. The second-order valence-electron chi connectivity index (χ2n) is 8.08. The van der Waals surface area contributed by atoms with Gasteiger partial charge in [0.1, 0.15) is 5.82 Å². The van der Waals surface area contributed by atoms with Crippen LogP contribution < -0.4 is 10.2 Å². The van der Waals surface area contributed by atoms with Crippen LogP contribution >= 0.6 is 0 Å². The Morgan fingerprint density at radius 3 is 2.52 bits per heavy atom. The lowest BCUT2D eigenvalue weighted by Gasteiger charge is -2.37. The molecule has 0 bridgehead atoms. The summed E-state index contributed by atoms with van der Waals surface area (Å²) in [5.41, 5.74) is 2.99. The molecule has 2 aromatic rings. The van der Waals surface area contributed by atoms with Crippen molar-refractivity contribution in [2.75, 3.05) is 31.1 Å². The Balaban J connectivity index is 1.43. The van der Waals surface area contributed by atoms with Crippen LogP contribution in [-0.4, -0.2) is 58.1 Å². The lowest BCUT2D eigenvalue weighted by molar-refractivity contribution is 0.186. The Morgan fingerprint density at radius 1 is 1.07 bits per heavy atom. The van der Waals surface area contributed by atoms with Crippen LogP contribution in [0.3, 0.4) is 0 Å². The zero-order valence-electron chi connectivity index (χ0n) is 17.4. The van der Waals surface area contributed by atoms with Gasteiger partial charge >= 0.3 is 6.03 Å². The van der Waals surface area contributed by atoms with Gasteiger partial charge in [0, 0.05) is 61.4 Å². The Morgan fingerprint density at radius 2 is 1.83 bits per heavy atom. The minimum atomic E-state index is 0.0863. The highest BCUT2D eigenvalue weighted by Gasteiger charge is 2.26. The number of aryl methyl sites for hydroxylation is 1. The third-order valence-corrected chi connectivity index (χ3v) is 6.08. The van der Waals surface area contributed by atoms with Crippen molar-refractivity contribution < 1.29 is 4.79 Å². The summed E-state index contributed by atoms with van der Waals surface area (Å²) in [5.74, 6) is 1.66. The van der Waals surface area contributed by atoms with Crippen LogP contribution in [0.15, 0.2) is 24.5 Å². The van der Waals surface area contributed by atoms with Gasteiger partial charge < -0.3 is 15.1 Å². The summed E-state index contributed by atoms with van der Waals surface area (Å²) >= 11 is 0. The fourth-order valence-corrected chi connectivity index (χ4v) is 4.18. The van der Waals surface area contributed by atoms with E-state index in [1.807, 2.05) is 24.0 Å². The van der Waals surface area contributed by atoms with Gasteiger partial charge in [0.05, 0.1) is 0 Å². The van der Waals surface area contributed by atoms with Crippen LogP contribution in [0.25, 0.3) is 11.4 Å². The van der Waals surface area contributed by atoms with Crippen molar-refractivity contribution in [3.63, 3.8) is 0 Å². The molecule has 1 aliphatic heterocycles. The topological polar surface area (TPSA) is 74.2 Å². The molecule has 7 nitrogen and oxygen atoms in total. The Labute approximate surface area is 172 Å².